The first-order valence-electron chi connectivity index (χ1n) is 11.6. The van der Waals surface area contributed by atoms with Gasteiger partial charge in [-0.2, -0.15) is 4.98 Å². The van der Waals surface area contributed by atoms with Gasteiger partial charge in [0.1, 0.15) is 5.82 Å². The maximum atomic E-state index is 4.68. The largest absolute Gasteiger partial charge is 0.385 e. The highest BCUT2D eigenvalue weighted by Crippen LogP contribution is 2.28. The minimum absolute atomic E-state index is 0.563. The van der Waals surface area contributed by atoms with Crippen molar-refractivity contribution in [2.45, 2.75) is 39.0 Å². The van der Waals surface area contributed by atoms with E-state index in [9.17, 15) is 0 Å². The Labute approximate surface area is 189 Å². The van der Waals surface area contributed by atoms with Crippen LogP contribution in [0.4, 0.5) is 28.8 Å². The van der Waals surface area contributed by atoms with E-state index in [1.165, 1.54) is 36.1 Å². The van der Waals surface area contributed by atoms with E-state index < -0.39 is 0 Å². The van der Waals surface area contributed by atoms with Crippen LogP contribution in [0, 0.1) is 12.8 Å². The number of piperidine rings is 1. The zero-order valence-corrected chi connectivity index (χ0v) is 18.6. The molecular formula is C25H31N7. The number of anilines is 5. The van der Waals surface area contributed by atoms with Crippen LogP contribution in [0.25, 0.3) is 0 Å². The molecule has 2 aliphatic heterocycles. The number of hydrogen-bond acceptors (Lipinski definition) is 7. The first-order valence-corrected chi connectivity index (χ1v) is 11.6. The normalized spacial score (nSPS) is 16.0. The van der Waals surface area contributed by atoms with E-state index in [0.717, 1.165) is 61.1 Å². The quantitative estimate of drug-likeness (QED) is 0.483. The first kappa shape index (κ1) is 20.7. The van der Waals surface area contributed by atoms with Crippen LogP contribution in [-0.4, -0.2) is 34.6 Å². The highest BCUT2D eigenvalue weighted by Gasteiger charge is 2.14. The molecule has 0 radical (unpaired) electrons. The highest BCUT2D eigenvalue weighted by atomic mass is 15.1. The topological polar surface area (TPSA) is 86.8 Å². The van der Waals surface area contributed by atoms with E-state index in [1.807, 2.05) is 25.5 Å². The Morgan fingerprint density at radius 1 is 1.00 bits per heavy atom. The lowest BCUT2D eigenvalue weighted by molar-refractivity contribution is 0.361. The molecule has 2 aromatic heterocycles. The number of nitrogens with one attached hydrogen (secondary N) is 4. The summed E-state index contributed by atoms with van der Waals surface area (Å²) in [5, 5.41) is 14.0. The molecule has 4 heterocycles. The van der Waals surface area contributed by atoms with Gasteiger partial charge in [0, 0.05) is 35.9 Å². The molecule has 4 N–H and O–H groups in total. The molecule has 6 bridgehead atoms. The number of benzene rings is 1. The molecule has 2 aliphatic rings. The van der Waals surface area contributed by atoms with E-state index in [0.29, 0.717) is 5.95 Å². The average molecular weight is 430 g/mol. The van der Waals surface area contributed by atoms with Crippen molar-refractivity contribution < 1.29 is 0 Å². The second kappa shape index (κ2) is 9.53. The molecule has 0 spiro atoms. The fourth-order valence-corrected chi connectivity index (χ4v) is 4.50. The lowest BCUT2D eigenvalue weighted by atomic mass is 9.94. The smallest absolute Gasteiger partial charge is 0.229 e. The molecule has 5 rings (SSSR count). The number of nitrogens with zero attached hydrogens (tertiary/aromatic N) is 3. The molecule has 0 unspecified atom stereocenters. The SMILES string of the molecule is Cc1cnc2nc1Nc1ccc(NCCC3CCNCC3)c(c1)CCc1cncc(c1)N2. The fraction of sp³-hybridized carbons (Fsp3) is 0.400. The molecule has 1 saturated heterocycles. The Morgan fingerprint density at radius 2 is 1.91 bits per heavy atom. The summed E-state index contributed by atoms with van der Waals surface area (Å²) in [7, 11) is 0. The van der Waals surface area contributed by atoms with Gasteiger partial charge in [0.25, 0.3) is 0 Å². The third-order valence-electron chi connectivity index (χ3n) is 6.40. The Balaban J connectivity index is 1.40. The molecule has 1 aromatic carbocycles. The van der Waals surface area contributed by atoms with Crippen molar-refractivity contribution in [1.82, 2.24) is 20.3 Å². The van der Waals surface area contributed by atoms with Crippen LogP contribution in [0.5, 0.6) is 0 Å². The fourth-order valence-electron chi connectivity index (χ4n) is 4.50. The zero-order chi connectivity index (χ0) is 21.8. The van der Waals surface area contributed by atoms with E-state index in [-0.39, 0.29) is 0 Å². The van der Waals surface area contributed by atoms with Crippen molar-refractivity contribution in [2.24, 2.45) is 5.92 Å². The van der Waals surface area contributed by atoms with Crippen LogP contribution >= 0.6 is 0 Å². The third-order valence-corrected chi connectivity index (χ3v) is 6.40. The summed E-state index contributed by atoms with van der Waals surface area (Å²) < 4.78 is 0. The lowest BCUT2D eigenvalue weighted by Gasteiger charge is -2.23. The summed E-state index contributed by atoms with van der Waals surface area (Å²) >= 11 is 0. The van der Waals surface area contributed by atoms with Crippen LogP contribution in [0.15, 0.2) is 42.9 Å². The Bertz CT molecular complexity index is 1080. The maximum Gasteiger partial charge on any atom is 0.229 e. The predicted molar refractivity (Wildman–Crippen MR) is 130 cm³/mol. The number of hydrogen-bond donors (Lipinski definition) is 4. The van der Waals surface area contributed by atoms with Gasteiger partial charge in [-0.15, -0.1) is 0 Å². The van der Waals surface area contributed by atoms with Gasteiger partial charge in [-0.3, -0.25) is 4.98 Å². The predicted octanol–water partition coefficient (Wildman–Crippen LogP) is 4.57. The van der Waals surface area contributed by atoms with Crippen molar-refractivity contribution >= 4 is 28.8 Å². The Hall–Kier alpha value is -3.19. The third kappa shape index (κ3) is 4.99. The summed E-state index contributed by atoms with van der Waals surface area (Å²) in [6, 6.07) is 8.71. The van der Waals surface area contributed by atoms with Gasteiger partial charge < -0.3 is 21.3 Å². The van der Waals surface area contributed by atoms with E-state index in [1.54, 1.807) is 0 Å². The summed E-state index contributed by atoms with van der Waals surface area (Å²) in [4.78, 5) is 13.5. The van der Waals surface area contributed by atoms with E-state index >= 15 is 0 Å². The molecule has 0 atom stereocenters. The van der Waals surface area contributed by atoms with Gasteiger partial charge in [-0.25, -0.2) is 4.98 Å². The van der Waals surface area contributed by atoms with Crippen LogP contribution in [0.1, 0.15) is 36.0 Å². The second-order valence-electron chi connectivity index (χ2n) is 8.84. The summed E-state index contributed by atoms with van der Waals surface area (Å²) in [6.45, 7) is 5.34. The van der Waals surface area contributed by atoms with Crippen LogP contribution in [0.3, 0.4) is 0 Å². The molecule has 3 aromatic rings. The van der Waals surface area contributed by atoms with Gasteiger partial charge in [0.15, 0.2) is 0 Å². The summed E-state index contributed by atoms with van der Waals surface area (Å²) in [6.07, 6.45) is 11.3. The molecule has 1 fully saturated rings. The average Bonchev–Trinajstić information content (AvgIpc) is 2.82. The van der Waals surface area contributed by atoms with Crippen LogP contribution in [-0.2, 0) is 12.8 Å². The Kier molecular flexibility index (Phi) is 6.16. The van der Waals surface area contributed by atoms with Crippen molar-refractivity contribution in [1.29, 1.82) is 0 Å². The number of aromatic nitrogens is 3. The second-order valence-corrected chi connectivity index (χ2v) is 8.84. The number of pyridine rings is 1. The van der Waals surface area contributed by atoms with Crippen molar-refractivity contribution in [3.05, 3.63) is 59.5 Å². The summed E-state index contributed by atoms with van der Waals surface area (Å²) in [5.41, 5.74) is 6.68. The number of fused-ring (bicyclic) bond motifs is 6. The number of aryl methyl sites for hydroxylation is 3. The van der Waals surface area contributed by atoms with E-state index in [4.69, 9.17) is 0 Å². The molecule has 7 heteroatoms. The highest BCUT2D eigenvalue weighted by molar-refractivity contribution is 5.66. The molecule has 0 saturated carbocycles. The van der Waals surface area contributed by atoms with Gasteiger partial charge in [-0.1, -0.05) is 0 Å². The monoisotopic (exact) mass is 429 g/mol. The van der Waals surface area contributed by atoms with Crippen molar-refractivity contribution in [3.63, 3.8) is 0 Å². The van der Waals surface area contributed by atoms with Gasteiger partial charge in [0.2, 0.25) is 5.95 Å². The van der Waals surface area contributed by atoms with Crippen molar-refractivity contribution in [3.8, 4) is 0 Å². The standard InChI is InChI=1S/C25H31N7/c1-17-14-29-25-31-22-12-19(15-27-16-22)2-3-20-13-21(30-24(17)32-25)4-5-23(20)28-11-8-18-6-9-26-10-7-18/h4-5,12-16,18,26,28H,2-3,6-11H2,1H3,(H2,29,30,31,32). The molecule has 0 amide bonds. The minimum Gasteiger partial charge on any atom is -0.385 e. The van der Waals surface area contributed by atoms with Crippen LogP contribution < -0.4 is 21.3 Å². The van der Waals surface area contributed by atoms with Crippen LogP contribution in [0.2, 0.25) is 0 Å². The molecular weight excluding hydrogens is 398 g/mol. The first-order chi connectivity index (χ1) is 15.7. The minimum atomic E-state index is 0.563. The number of rotatable bonds is 4. The Morgan fingerprint density at radius 3 is 2.81 bits per heavy atom. The lowest BCUT2D eigenvalue weighted by Crippen LogP contribution is -2.28. The molecule has 32 heavy (non-hydrogen) atoms. The van der Waals surface area contributed by atoms with E-state index in [2.05, 4.69) is 60.5 Å². The molecule has 0 aliphatic carbocycles. The van der Waals surface area contributed by atoms with Crippen molar-refractivity contribution in [2.75, 3.05) is 35.6 Å². The maximum absolute atomic E-state index is 4.68. The molecule has 166 valence electrons. The zero-order valence-electron chi connectivity index (χ0n) is 18.6. The molecule has 7 nitrogen and oxygen atoms in total. The van der Waals surface area contributed by atoms with Gasteiger partial charge in [-0.05, 0) is 93.4 Å². The van der Waals surface area contributed by atoms with Gasteiger partial charge in [0.05, 0.1) is 11.9 Å². The summed E-state index contributed by atoms with van der Waals surface area (Å²) in [5.74, 6) is 2.20. The van der Waals surface area contributed by atoms with Gasteiger partial charge >= 0.3 is 0 Å².